The Morgan fingerprint density at radius 2 is 1.90 bits per heavy atom. The zero-order valence-corrected chi connectivity index (χ0v) is 16.1. The monoisotopic (exact) mass is 405 g/mol. The molecule has 30 heavy (non-hydrogen) atoms. The van der Waals surface area contributed by atoms with E-state index < -0.39 is 11.8 Å². The molecule has 1 aromatic heterocycles. The highest BCUT2D eigenvalue weighted by Crippen LogP contribution is 2.33. The molecule has 5 nitrogen and oxygen atoms in total. The molecule has 0 saturated heterocycles. The molecule has 6 heteroatoms. The van der Waals surface area contributed by atoms with Gasteiger partial charge in [0.1, 0.15) is 24.2 Å². The van der Waals surface area contributed by atoms with Gasteiger partial charge in [-0.2, -0.15) is 0 Å². The number of rotatable bonds is 7. The van der Waals surface area contributed by atoms with Crippen LogP contribution in [0.1, 0.15) is 16.7 Å². The minimum atomic E-state index is -0.935. The summed E-state index contributed by atoms with van der Waals surface area (Å²) in [6.45, 7) is 0.549. The fourth-order valence-corrected chi connectivity index (χ4v) is 3.45. The Bertz CT molecular complexity index is 1220. The Labute approximate surface area is 172 Å². The van der Waals surface area contributed by atoms with Gasteiger partial charge in [0.2, 0.25) is 0 Å². The molecule has 3 N–H and O–H groups in total. The molecule has 1 heterocycles. The molecule has 0 aliphatic carbocycles. The third-order valence-corrected chi connectivity index (χ3v) is 4.87. The molecule has 0 spiro atoms. The molecule has 0 aliphatic heterocycles. The minimum Gasteiger partial charge on any atom is -0.489 e. The Morgan fingerprint density at radius 3 is 2.70 bits per heavy atom. The second-order valence-electron chi connectivity index (χ2n) is 6.98. The molecule has 4 aromatic rings. The van der Waals surface area contributed by atoms with Gasteiger partial charge >= 0.3 is 5.97 Å². The number of nitrogens with two attached hydrogens (primary N) is 1. The zero-order chi connectivity index (χ0) is 21.1. The second kappa shape index (κ2) is 8.39. The van der Waals surface area contributed by atoms with Gasteiger partial charge in [-0.1, -0.05) is 36.4 Å². The number of aliphatic carboxylic acids is 1. The zero-order valence-electron chi connectivity index (χ0n) is 16.1. The van der Waals surface area contributed by atoms with Crippen LogP contribution in [0.15, 0.2) is 71.3 Å². The van der Waals surface area contributed by atoms with Crippen LogP contribution in [-0.2, 0) is 24.4 Å². The van der Waals surface area contributed by atoms with Gasteiger partial charge in [0.15, 0.2) is 5.82 Å². The highest BCUT2D eigenvalue weighted by Gasteiger charge is 2.15. The van der Waals surface area contributed by atoms with E-state index in [0.29, 0.717) is 28.8 Å². The van der Waals surface area contributed by atoms with Crippen molar-refractivity contribution >= 4 is 16.9 Å². The predicted octanol–water partition coefficient (Wildman–Crippen LogP) is 4.90. The predicted molar refractivity (Wildman–Crippen MR) is 112 cm³/mol. The average Bonchev–Trinajstić information content (AvgIpc) is 3.13. The number of hydrogen-bond donors (Lipinski definition) is 2. The number of fused-ring (bicyclic) bond motifs is 1. The SMILES string of the molecule is NCc1cccc(-c2cc(COc3ccccc3CC(=O)O)cc3c(F)coc23)c1. The van der Waals surface area contributed by atoms with E-state index in [4.69, 9.17) is 20.0 Å². The van der Waals surface area contributed by atoms with Crippen molar-refractivity contribution in [3.05, 3.63) is 89.4 Å². The van der Waals surface area contributed by atoms with Crippen molar-refractivity contribution < 1.29 is 23.4 Å². The lowest BCUT2D eigenvalue weighted by molar-refractivity contribution is -0.136. The van der Waals surface area contributed by atoms with E-state index >= 15 is 0 Å². The van der Waals surface area contributed by atoms with Crippen LogP contribution in [0, 0.1) is 5.82 Å². The molecule has 3 aromatic carbocycles. The van der Waals surface area contributed by atoms with E-state index in [9.17, 15) is 9.18 Å². The standard InChI is InChI=1S/C24H20FNO4/c25-21-14-30-24-19(17-6-3-4-15(8-17)12-26)9-16(10-20(21)24)13-29-22-7-2-1-5-18(22)11-23(27)28/h1-10,14H,11-13,26H2,(H,27,28). The number of halogens is 1. The van der Waals surface area contributed by atoms with Gasteiger partial charge in [-0.3, -0.25) is 4.79 Å². The van der Waals surface area contributed by atoms with Crippen molar-refractivity contribution in [2.24, 2.45) is 5.73 Å². The fraction of sp³-hybridized carbons (Fsp3) is 0.125. The first-order valence-electron chi connectivity index (χ1n) is 9.46. The summed E-state index contributed by atoms with van der Waals surface area (Å²) < 4.78 is 25.7. The number of carboxylic acids is 1. The summed E-state index contributed by atoms with van der Waals surface area (Å²) in [6, 6.07) is 18.2. The molecule has 0 saturated carbocycles. The molecule has 0 radical (unpaired) electrons. The maximum absolute atomic E-state index is 14.3. The van der Waals surface area contributed by atoms with Crippen LogP contribution in [0.25, 0.3) is 22.1 Å². The lowest BCUT2D eigenvalue weighted by Gasteiger charge is -2.12. The number of benzene rings is 3. The van der Waals surface area contributed by atoms with Crippen LogP contribution in [0.4, 0.5) is 4.39 Å². The molecular weight excluding hydrogens is 385 g/mol. The maximum atomic E-state index is 14.3. The fourth-order valence-electron chi connectivity index (χ4n) is 3.45. The molecule has 0 amide bonds. The smallest absolute Gasteiger partial charge is 0.307 e. The van der Waals surface area contributed by atoms with Gasteiger partial charge in [-0.25, -0.2) is 4.39 Å². The Kier molecular flexibility index (Phi) is 5.50. The molecule has 0 unspecified atom stereocenters. The Morgan fingerprint density at radius 1 is 1.07 bits per heavy atom. The average molecular weight is 405 g/mol. The van der Waals surface area contributed by atoms with Gasteiger partial charge in [0.05, 0.1) is 11.8 Å². The normalized spacial score (nSPS) is 11.0. The Hall–Kier alpha value is -3.64. The van der Waals surface area contributed by atoms with E-state index in [0.717, 1.165) is 28.5 Å². The minimum absolute atomic E-state index is 0.136. The summed E-state index contributed by atoms with van der Waals surface area (Å²) in [6.07, 6.45) is 0.955. The third-order valence-electron chi connectivity index (χ3n) is 4.87. The first-order valence-corrected chi connectivity index (χ1v) is 9.46. The van der Waals surface area contributed by atoms with Crippen LogP contribution in [0.5, 0.6) is 5.75 Å². The van der Waals surface area contributed by atoms with Gasteiger partial charge in [0.25, 0.3) is 0 Å². The van der Waals surface area contributed by atoms with E-state index in [1.807, 2.05) is 30.3 Å². The van der Waals surface area contributed by atoms with Crippen molar-refractivity contribution in [2.75, 3.05) is 0 Å². The number of hydrogen-bond acceptors (Lipinski definition) is 4. The van der Waals surface area contributed by atoms with Crippen LogP contribution in [-0.4, -0.2) is 11.1 Å². The van der Waals surface area contributed by atoms with Crippen LogP contribution in [0.3, 0.4) is 0 Å². The number of carboxylic acid groups (broad SMARTS) is 1. The lowest BCUT2D eigenvalue weighted by atomic mass is 9.99. The quantitative estimate of drug-likeness (QED) is 0.457. The maximum Gasteiger partial charge on any atom is 0.307 e. The molecule has 152 valence electrons. The summed E-state index contributed by atoms with van der Waals surface area (Å²) in [5.74, 6) is -0.899. The first kappa shape index (κ1) is 19.7. The second-order valence-corrected chi connectivity index (χ2v) is 6.98. The third kappa shape index (κ3) is 4.04. The number of furan rings is 1. The van der Waals surface area contributed by atoms with Gasteiger partial charge in [-0.15, -0.1) is 0 Å². The van der Waals surface area contributed by atoms with E-state index in [1.165, 1.54) is 0 Å². The van der Waals surface area contributed by atoms with Crippen LogP contribution in [0.2, 0.25) is 0 Å². The van der Waals surface area contributed by atoms with Crippen molar-refractivity contribution in [3.63, 3.8) is 0 Å². The van der Waals surface area contributed by atoms with Gasteiger partial charge < -0.3 is 20.0 Å². The topological polar surface area (TPSA) is 85.7 Å². The summed E-state index contributed by atoms with van der Waals surface area (Å²) in [5, 5.41) is 9.45. The summed E-state index contributed by atoms with van der Waals surface area (Å²) >= 11 is 0. The molecular formula is C24H20FNO4. The van der Waals surface area contributed by atoms with Crippen molar-refractivity contribution in [3.8, 4) is 16.9 Å². The number of carbonyl (C=O) groups is 1. The highest BCUT2D eigenvalue weighted by atomic mass is 19.1. The van der Waals surface area contributed by atoms with E-state index in [-0.39, 0.29) is 13.0 Å². The summed E-state index contributed by atoms with van der Waals surface area (Å²) in [7, 11) is 0. The van der Waals surface area contributed by atoms with Crippen LogP contribution >= 0.6 is 0 Å². The molecule has 0 aliphatic rings. The van der Waals surface area contributed by atoms with E-state index in [1.54, 1.807) is 30.3 Å². The van der Waals surface area contributed by atoms with Crippen molar-refractivity contribution in [1.82, 2.24) is 0 Å². The van der Waals surface area contributed by atoms with Gasteiger partial charge in [-0.05, 0) is 41.0 Å². The lowest BCUT2D eigenvalue weighted by Crippen LogP contribution is -2.04. The van der Waals surface area contributed by atoms with E-state index in [2.05, 4.69) is 0 Å². The van der Waals surface area contributed by atoms with Crippen molar-refractivity contribution in [2.45, 2.75) is 19.6 Å². The van der Waals surface area contributed by atoms with Gasteiger partial charge in [0, 0.05) is 17.7 Å². The largest absolute Gasteiger partial charge is 0.489 e. The number of para-hydroxylation sites is 1. The molecule has 0 atom stereocenters. The van der Waals surface area contributed by atoms with Crippen LogP contribution < -0.4 is 10.5 Å². The molecule has 0 fully saturated rings. The first-order chi connectivity index (χ1) is 14.5. The highest BCUT2D eigenvalue weighted by molar-refractivity contribution is 5.93. The molecule has 4 rings (SSSR count). The summed E-state index contributed by atoms with van der Waals surface area (Å²) in [4.78, 5) is 11.1. The summed E-state index contributed by atoms with van der Waals surface area (Å²) in [5.41, 5.74) is 10.1. The van der Waals surface area contributed by atoms with Crippen molar-refractivity contribution in [1.29, 1.82) is 0 Å². The Balaban J connectivity index is 1.71. The number of ether oxygens (including phenoxy) is 1. The molecule has 0 bridgehead atoms.